The minimum Gasteiger partial charge on any atom is -0.493 e. The van der Waals surface area contributed by atoms with Crippen LogP contribution in [0.25, 0.3) is 11.4 Å². The summed E-state index contributed by atoms with van der Waals surface area (Å²) in [5, 5.41) is 4.55. The van der Waals surface area contributed by atoms with Gasteiger partial charge in [-0.2, -0.15) is 4.98 Å². The number of methoxy groups -OCH3 is 2. The van der Waals surface area contributed by atoms with Crippen LogP contribution < -0.4 is 9.47 Å². The van der Waals surface area contributed by atoms with Crippen molar-refractivity contribution in [2.45, 2.75) is 25.8 Å². The highest BCUT2D eigenvalue weighted by molar-refractivity contribution is 6.32. The van der Waals surface area contributed by atoms with E-state index < -0.39 is 0 Å². The Kier molecular flexibility index (Phi) is 5.25. The molecule has 2 aliphatic heterocycles. The van der Waals surface area contributed by atoms with Gasteiger partial charge in [-0.3, -0.25) is 4.90 Å². The summed E-state index contributed by atoms with van der Waals surface area (Å²) in [6.07, 6.45) is 3.56. The van der Waals surface area contributed by atoms with E-state index in [-0.39, 0.29) is 0 Å². The Bertz CT molecular complexity index is 804. The van der Waals surface area contributed by atoms with Gasteiger partial charge >= 0.3 is 0 Å². The standard InChI is InChI=1S/C19H24ClN3O4/c1-24-15-9-13(8-14(20)17(15)25-2)18-21-16(27-22-18)10-23-6-5-19(11-23)4-3-7-26-12-19/h8-9H,3-7,10-12H2,1-2H3. The lowest BCUT2D eigenvalue weighted by atomic mass is 9.82. The van der Waals surface area contributed by atoms with E-state index >= 15 is 0 Å². The number of benzene rings is 1. The lowest BCUT2D eigenvalue weighted by Gasteiger charge is -2.33. The van der Waals surface area contributed by atoms with Gasteiger partial charge in [0.25, 0.3) is 0 Å². The van der Waals surface area contributed by atoms with Crippen LogP contribution in [0.15, 0.2) is 16.7 Å². The topological polar surface area (TPSA) is 69.9 Å². The monoisotopic (exact) mass is 393 g/mol. The van der Waals surface area contributed by atoms with Gasteiger partial charge in [-0.25, -0.2) is 0 Å². The minimum atomic E-state index is 0.304. The van der Waals surface area contributed by atoms with E-state index in [9.17, 15) is 0 Å². The molecule has 1 spiro atoms. The highest BCUT2D eigenvalue weighted by Gasteiger charge is 2.40. The van der Waals surface area contributed by atoms with E-state index in [2.05, 4.69) is 15.0 Å². The average Bonchev–Trinajstić information content (AvgIpc) is 3.29. The van der Waals surface area contributed by atoms with Crippen LogP contribution in [0.4, 0.5) is 0 Å². The Balaban J connectivity index is 1.47. The van der Waals surface area contributed by atoms with Crippen LogP contribution in [0, 0.1) is 5.41 Å². The van der Waals surface area contributed by atoms with Crippen LogP contribution >= 0.6 is 11.6 Å². The van der Waals surface area contributed by atoms with Gasteiger partial charge in [-0.15, -0.1) is 0 Å². The van der Waals surface area contributed by atoms with Crippen molar-refractivity contribution in [2.75, 3.05) is 40.5 Å². The molecule has 0 amide bonds. The fourth-order valence-electron chi connectivity index (χ4n) is 4.07. The molecule has 7 nitrogen and oxygen atoms in total. The third-order valence-corrected chi connectivity index (χ3v) is 5.72. The molecule has 0 saturated carbocycles. The second-order valence-corrected chi connectivity index (χ2v) is 7.73. The second-order valence-electron chi connectivity index (χ2n) is 7.32. The Morgan fingerprint density at radius 1 is 1.26 bits per heavy atom. The average molecular weight is 394 g/mol. The largest absolute Gasteiger partial charge is 0.493 e. The van der Waals surface area contributed by atoms with Gasteiger partial charge < -0.3 is 18.7 Å². The van der Waals surface area contributed by atoms with E-state index in [1.807, 2.05) is 0 Å². The van der Waals surface area contributed by atoms with Crippen molar-refractivity contribution in [3.63, 3.8) is 0 Å². The van der Waals surface area contributed by atoms with Gasteiger partial charge in [0.2, 0.25) is 11.7 Å². The maximum atomic E-state index is 6.28. The summed E-state index contributed by atoms with van der Waals surface area (Å²) in [4.78, 5) is 6.91. The first kappa shape index (κ1) is 18.5. The number of ether oxygens (including phenoxy) is 3. The Labute approximate surface area is 163 Å². The summed E-state index contributed by atoms with van der Waals surface area (Å²) < 4.78 is 21.8. The Hall–Kier alpha value is -1.83. The highest BCUT2D eigenvalue weighted by atomic mass is 35.5. The molecule has 1 atom stereocenters. The summed E-state index contributed by atoms with van der Waals surface area (Å²) in [6.45, 7) is 4.46. The first-order valence-electron chi connectivity index (χ1n) is 9.17. The fraction of sp³-hybridized carbons (Fsp3) is 0.579. The normalized spacial score (nSPS) is 23.1. The molecular formula is C19H24ClN3O4. The summed E-state index contributed by atoms with van der Waals surface area (Å²) in [5.41, 5.74) is 1.03. The minimum absolute atomic E-state index is 0.304. The smallest absolute Gasteiger partial charge is 0.241 e. The summed E-state index contributed by atoms with van der Waals surface area (Å²) in [7, 11) is 3.12. The molecule has 1 aromatic heterocycles. The molecule has 146 valence electrons. The molecule has 2 saturated heterocycles. The van der Waals surface area contributed by atoms with Crippen LogP contribution in [0.1, 0.15) is 25.2 Å². The van der Waals surface area contributed by atoms with Crippen molar-refractivity contribution in [1.29, 1.82) is 0 Å². The van der Waals surface area contributed by atoms with Crippen molar-refractivity contribution in [3.8, 4) is 22.9 Å². The predicted octanol–water partition coefficient (Wildman–Crippen LogP) is 3.41. The maximum Gasteiger partial charge on any atom is 0.241 e. The predicted molar refractivity (Wildman–Crippen MR) is 100 cm³/mol. The quantitative estimate of drug-likeness (QED) is 0.770. The molecule has 2 fully saturated rings. The van der Waals surface area contributed by atoms with Gasteiger partial charge in [0, 0.05) is 24.1 Å². The van der Waals surface area contributed by atoms with Crippen LogP contribution in [-0.4, -0.2) is 55.6 Å². The second kappa shape index (κ2) is 7.66. The zero-order valence-corrected chi connectivity index (χ0v) is 16.4. The van der Waals surface area contributed by atoms with Crippen LogP contribution in [0.2, 0.25) is 5.02 Å². The number of halogens is 1. The first-order chi connectivity index (χ1) is 13.1. The third-order valence-electron chi connectivity index (χ3n) is 5.44. The molecule has 4 rings (SSSR count). The third kappa shape index (κ3) is 3.77. The first-order valence-corrected chi connectivity index (χ1v) is 9.55. The number of hydrogen-bond acceptors (Lipinski definition) is 7. The molecule has 1 unspecified atom stereocenters. The zero-order chi connectivity index (χ0) is 18.9. The van der Waals surface area contributed by atoms with Crippen molar-refractivity contribution in [2.24, 2.45) is 5.41 Å². The van der Waals surface area contributed by atoms with Crippen LogP contribution in [0.3, 0.4) is 0 Å². The zero-order valence-electron chi connectivity index (χ0n) is 15.7. The van der Waals surface area contributed by atoms with E-state index in [0.29, 0.717) is 40.2 Å². The van der Waals surface area contributed by atoms with Gasteiger partial charge in [0.1, 0.15) is 0 Å². The molecule has 27 heavy (non-hydrogen) atoms. The van der Waals surface area contributed by atoms with Gasteiger partial charge in [-0.1, -0.05) is 16.8 Å². The molecule has 8 heteroatoms. The number of aromatic nitrogens is 2. The van der Waals surface area contributed by atoms with E-state index in [1.165, 1.54) is 12.8 Å². The van der Waals surface area contributed by atoms with Crippen molar-refractivity contribution in [1.82, 2.24) is 15.0 Å². The molecule has 0 aliphatic carbocycles. The van der Waals surface area contributed by atoms with Crippen molar-refractivity contribution in [3.05, 3.63) is 23.0 Å². The van der Waals surface area contributed by atoms with E-state index in [1.54, 1.807) is 26.4 Å². The number of hydrogen-bond donors (Lipinski definition) is 0. The van der Waals surface area contributed by atoms with E-state index in [4.69, 9.17) is 30.3 Å². The molecular weight excluding hydrogens is 370 g/mol. The van der Waals surface area contributed by atoms with Gasteiger partial charge in [-0.05, 0) is 37.9 Å². The summed E-state index contributed by atoms with van der Waals surface area (Å²) in [5.74, 6) is 2.11. The lowest BCUT2D eigenvalue weighted by Crippen LogP contribution is -2.34. The van der Waals surface area contributed by atoms with Crippen LogP contribution in [-0.2, 0) is 11.3 Å². The summed E-state index contributed by atoms with van der Waals surface area (Å²) in [6, 6.07) is 3.55. The molecule has 0 radical (unpaired) electrons. The maximum absolute atomic E-state index is 6.28. The molecule has 2 aromatic rings. The molecule has 0 bridgehead atoms. The van der Waals surface area contributed by atoms with E-state index in [0.717, 1.165) is 38.3 Å². The number of rotatable bonds is 5. The Morgan fingerprint density at radius 2 is 2.15 bits per heavy atom. The molecule has 1 aromatic carbocycles. The summed E-state index contributed by atoms with van der Waals surface area (Å²) >= 11 is 6.28. The molecule has 2 aliphatic rings. The van der Waals surface area contributed by atoms with Gasteiger partial charge in [0.15, 0.2) is 11.5 Å². The lowest BCUT2D eigenvalue weighted by molar-refractivity contribution is -0.00288. The number of likely N-dealkylation sites (tertiary alicyclic amines) is 1. The molecule has 3 heterocycles. The van der Waals surface area contributed by atoms with Crippen LogP contribution in [0.5, 0.6) is 11.5 Å². The highest BCUT2D eigenvalue weighted by Crippen LogP contribution is 2.40. The Morgan fingerprint density at radius 3 is 2.89 bits per heavy atom. The van der Waals surface area contributed by atoms with Crippen molar-refractivity contribution >= 4 is 11.6 Å². The fourth-order valence-corrected chi connectivity index (χ4v) is 4.36. The number of nitrogens with zero attached hydrogens (tertiary/aromatic N) is 3. The SMILES string of the molecule is COc1cc(-c2noc(CN3CCC4(CCCOC4)C3)n2)cc(Cl)c1OC. The van der Waals surface area contributed by atoms with Crippen molar-refractivity contribution < 1.29 is 18.7 Å². The van der Waals surface area contributed by atoms with Gasteiger partial charge in [0.05, 0.1) is 32.4 Å². The molecule has 0 N–H and O–H groups in total.